The van der Waals surface area contributed by atoms with Gasteiger partial charge in [0, 0.05) is 41.2 Å². The van der Waals surface area contributed by atoms with Crippen LogP contribution in [0, 0.1) is 45.8 Å². The summed E-state index contributed by atoms with van der Waals surface area (Å²) in [6.45, 7) is 7.49. The van der Waals surface area contributed by atoms with Crippen molar-refractivity contribution in [2.45, 2.75) is 39.0 Å². The van der Waals surface area contributed by atoms with Crippen molar-refractivity contribution >= 4 is 17.2 Å². The maximum atomic E-state index is 15.3. The maximum Gasteiger partial charge on any atom is 1.00 e. The third kappa shape index (κ3) is 6.01. The van der Waals surface area contributed by atoms with Crippen LogP contribution in [-0.2, 0) is 24.1 Å². The first-order valence-electron chi connectivity index (χ1n) is 10.8. The Bertz CT molecular complexity index is 1370. The number of thiophene rings is 1. The second-order valence-electron chi connectivity index (χ2n) is 8.13. The standard InChI is InChI=1S/C25H21F4N4OS.2CH3.Na/c1-4-7-21(34)32-11-16(22-14(3)19(10-30)35-20(22)13-32)15-8-6-9-18(26)23(15)17-12-33(5-2)31-24(17)25(27,28)29;;;/h4,6-9,12,16H,1,5,11,13H2,2-3H3;2*1H3;/q3*-1;+1/b7-4-;;;/t16-;;;/m0.../s1. The summed E-state index contributed by atoms with van der Waals surface area (Å²) in [6.07, 6.45) is -0.937. The minimum absolute atomic E-state index is 0. The van der Waals surface area contributed by atoms with Gasteiger partial charge in [-0.1, -0.05) is 12.1 Å². The molecule has 1 aromatic carbocycles. The van der Waals surface area contributed by atoms with Gasteiger partial charge in [-0.2, -0.15) is 23.5 Å². The van der Waals surface area contributed by atoms with Crippen molar-refractivity contribution in [3.05, 3.63) is 96.3 Å². The summed E-state index contributed by atoms with van der Waals surface area (Å²) in [5.41, 5.74) is -0.00122. The molecule has 198 valence electrons. The molecule has 0 bridgehead atoms. The van der Waals surface area contributed by atoms with E-state index in [1.54, 1.807) is 19.9 Å². The van der Waals surface area contributed by atoms with E-state index in [0.717, 1.165) is 21.2 Å². The van der Waals surface area contributed by atoms with E-state index in [0.29, 0.717) is 16.0 Å². The topological polar surface area (TPSA) is 61.9 Å². The van der Waals surface area contributed by atoms with Crippen LogP contribution in [0.4, 0.5) is 17.6 Å². The molecule has 0 saturated carbocycles. The molecule has 0 radical (unpaired) electrons. The molecular formula is C27H27F4N4NaOS-2. The molecule has 4 rings (SSSR count). The first kappa shape index (κ1) is 33.4. The molecule has 0 saturated heterocycles. The molecule has 0 N–H and O–H groups in total. The molecule has 1 aliphatic rings. The molecule has 11 heteroatoms. The quantitative estimate of drug-likeness (QED) is 0.214. The van der Waals surface area contributed by atoms with Crippen molar-refractivity contribution in [2.75, 3.05) is 6.54 Å². The zero-order valence-corrected chi connectivity index (χ0v) is 24.8. The fourth-order valence-corrected chi connectivity index (χ4v) is 5.72. The number of aromatic nitrogens is 2. The first-order valence-corrected chi connectivity index (χ1v) is 11.6. The summed E-state index contributed by atoms with van der Waals surface area (Å²) in [7, 11) is 0. The van der Waals surface area contributed by atoms with E-state index >= 15 is 4.39 Å². The number of amides is 1. The average Bonchev–Trinajstić information content (AvgIpc) is 3.39. The van der Waals surface area contributed by atoms with Crippen molar-refractivity contribution in [1.29, 1.82) is 5.26 Å². The number of alkyl halides is 3. The first-order chi connectivity index (χ1) is 16.6. The predicted octanol–water partition coefficient (Wildman–Crippen LogP) is 3.74. The minimum atomic E-state index is -4.79. The van der Waals surface area contributed by atoms with Crippen LogP contribution in [0.3, 0.4) is 0 Å². The number of halogens is 4. The van der Waals surface area contributed by atoms with Gasteiger partial charge in [-0.3, -0.25) is 9.48 Å². The number of allylic oxidation sites excluding steroid dienone is 1. The van der Waals surface area contributed by atoms with Crippen molar-refractivity contribution in [2.24, 2.45) is 0 Å². The molecular weight excluding hydrogens is 527 g/mol. The van der Waals surface area contributed by atoms with Crippen molar-refractivity contribution in [3.63, 3.8) is 0 Å². The molecule has 5 nitrogen and oxygen atoms in total. The number of aryl methyl sites for hydroxylation is 1. The van der Waals surface area contributed by atoms with Gasteiger partial charge in [0.25, 0.3) is 0 Å². The van der Waals surface area contributed by atoms with Gasteiger partial charge < -0.3 is 19.8 Å². The van der Waals surface area contributed by atoms with E-state index in [9.17, 15) is 23.2 Å². The van der Waals surface area contributed by atoms with Crippen LogP contribution in [0.15, 0.2) is 36.5 Å². The zero-order valence-electron chi connectivity index (χ0n) is 22.0. The number of hydrogen-bond donors (Lipinski definition) is 0. The van der Waals surface area contributed by atoms with E-state index < -0.39 is 23.6 Å². The maximum absolute atomic E-state index is 15.3. The SMILES string of the molecule is [CH2-]/C=C\C(=O)N1Cc2sc(C#N)c(C)c2[C@H](c2cccc(F)c2-c2cn(CC)nc2C(F)(F)F)C1.[CH3-].[CH3-].[Na+]. The van der Waals surface area contributed by atoms with Crippen LogP contribution in [0.5, 0.6) is 0 Å². The van der Waals surface area contributed by atoms with Gasteiger partial charge in [-0.15, -0.1) is 17.4 Å². The Morgan fingerprint density at radius 1 is 1.34 bits per heavy atom. The molecule has 1 atom stereocenters. The second kappa shape index (κ2) is 13.0. The summed E-state index contributed by atoms with van der Waals surface area (Å²) >= 11 is 1.24. The predicted molar refractivity (Wildman–Crippen MR) is 137 cm³/mol. The summed E-state index contributed by atoms with van der Waals surface area (Å²) < 4.78 is 58.2. The summed E-state index contributed by atoms with van der Waals surface area (Å²) in [5, 5.41) is 13.2. The Labute approximate surface area is 247 Å². The van der Waals surface area contributed by atoms with Crippen molar-refractivity contribution < 1.29 is 51.9 Å². The van der Waals surface area contributed by atoms with E-state index in [2.05, 4.69) is 18.1 Å². The average molecular weight is 555 g/mol. The fraction of sp³-hybridized carbons (Fsp3) is 0.259. The number of fused-ring (bicyclic) bond motifs is 1. The largest absolute Gasteiger partial charge is 1.00 e. The van der Waals surface area contributed by atoms with Gasteiger partial charge in [0.1, 0.15) is 16.8 Å². The number of carbonyl (C=O) groups is 1. The zero-order chi connectivity index (χ0) is 25.5. The van der Waals surface area contributed by atoms with Crippen molar-refractivity contribution in [1.82, 2.24) is 14.7 Å². The molecule has 1 aliphatic heterocycles. The Hall–Kier alpha value is -2.58. The minimum Gasteiger partial charge on any atom is -0.358 e. The van der Waals surface area contributed by atoms with Crippen LogP contribution in [-0.4, -0.2) is 27.1 Å². The van der Waals surface area contributed by atoms with Gasteiger partial charge >= 0.3 is 35.7 Å². The van der Waals surface area contributed by atoms with Gasteiger partial charge in [0.2, 0.25) is 0 Å². The monoisotopic (exact) mass is 554 g/mol. The van der Waals surface area contributed by atoms with Crippen LogP contribution in [0.2, 0.25) is 0 Å². The van der Waals surface area contributed by atoms with E-state index in [1.807, 2.05) is 0 Å². The number of rotatable bonds is 4. The Balaban J connectivity index is 0.00000241. The molecule has 0 aliphatic carbocycles. The van der Waals surface area contributed by atoms with Crippen molar-refractivity contribution in [3.8, 4) is 17.2 Å². The molecule has 1 amide bonds. The number of nitriles is 1. The van der Waals surface area contributed by atoms with E-state index in [4.69, 9.17) is 0 Å². The number of nitrogens with zero attached hydrogens (tertiary/aromatic N) is 4. The number of benzene rings is 1. The molecule has 0 fully saturated rings. The molecule has 38 heavy (non-hydrogen) atoms. The molecule has 3 heterocycles. The van der Waals surface area contributed by atoms with Crippen LogP contribution < -0.4 is 29.6 Å². The van der Waals surface area contributed by atoms with Crippen LogP contribution >= 0.6 is 11.3 Å². The molecule has 0 spiro atoms. The van der Waals surface area contributed by atoms with Gasteiger partial charge in [-0.25, -0.2) is 17.4 Å². The third-order valence-corrected chi connectivity index (χ3v) is 7.27. The smallest absolute Gasteiger partial charge is 0.358 e. The normalized spacial score (nSPS) is 14.7. The van der Waals surface area contributed by atoms with Crippen LogP contribution in [0.1, 0.15) is 45.0 Å². The molecule has 2 aromatic heterocycles. The second-order valence-corrected chi connectivity index (χ2v) is 9.23. The summed E-state index contributed by atoms with van der Waals surface area (Å²) in [6, 6.07) is 6.27. The van der Waals surface area contributed by atoms with Crippen LogP contribution in [0.25, 0.3) is 11.1 Å². The fourth-order valence-electron chi connectivity index (χ4n) is 4.53. The Morgan fingerprint density at radius 2 is 2.03 bits per heavy atom. The number of hydrogen-bond acceptors (Lipinski definition) is 4. The summed E-state index contributed by atoms with van der Waals surface area (Å²) in [4.78, 5) is 15.4. The van der Waals surface area contributed by atoms with E-state index in [1.165, 1.54) is 40.7 Å². The van der Waals surface area contributed by atoms with Gasteiger partial charge in [0.15, 0.2) is 11.6 Å². The van der Waals surface area contributed by atoms with E-state index in [-0.39, 0.29) is 81.1 Å². The summed E-state index contributed by atoms with van der Waals surface area (Å²) in [5.74, 6) is -1.79. The Kier molecular flexibility index (Phi) is 11.4. The van der Waals surface area contributed by atoms with Gasteiger partial charge in [-0.05, 0) is 36.6 Å². The van der Waals surface area contributed by atoms with Gasteiger partial charge in [0.05, 0.1) is 6.54 Å². The molecule has 3 aromatic rings. The number of carbonyl (C=O) groups excluding carboxylic acids is 1. The Morgan fingerprint density at radius 3 is 2.61 bits per heavy atom. The molecule has 0 unspecified atom stereocenters. The third-order valence-electron chi connectivity index (χ3n) is 6.07.